The number of amides is 2. The number of hydrogen-bond donors (Lipinski definition) is 2. The van der Waals surface area contributed by atoms with Gasteiger partial charge in [-0.2, -0.15) is 13.2 Å². The number of carbonyl (C=O) groups is 2. The van der Waals surface area contributed by atoms with Crippen molar-refractivity contribution in [1.29, 1.82) is 0 Å². The molecule has 1 saturated carbocycles. The Balaban J connectivity index is 1.50. The first-order valence-corrected chi connectivity index (χ1v) is 10.7. The highest BCUT2D eigenvalue weighted by atomic mass is 19.4. The lowest BCUT2D eigenvalue weighted by atomic mass is 9.83. The van der Waals surface area contributed by atoms with Gasteiger partial charge in [0.25, 0.3) is 0 Å². The molecule has 1 aromatic rings. The Morgan fingerprint density at radius 1 is 1.10 bits per heavy atom. The average Bonchev–Trinajstić information content (AvgIpc) is 2.67. The Morgan fingerprint density at radius 3 is 2.40 bits per heavy atom. The van der Waals surface area contributed by atoms with Crippen molar-refractivity contribution in [3.63, 3.8) is 0 Å². The minimum absolute atomic E-state index is 0.0642. The van der Waals surface area contributed by atoms with Crippen LogP contribution in [0.3, 0.4) is 0 Å². The topological polar surface area (TPSA) is 75.4 Å². The first kappa shape index (κ1) is 22.6. The highest BCUT2D eigenvalue weighted by Crippen LogP contribution is 2.32. The van der Waals surface area contributed by atoms with Crippen molar-refractivity contribution < 1.29 is 22.8 Å². The number of anilines is 1. The summed E-state index contributed by atoms with van der Waals surface area (Å²) in [7, 11) is 0. The third-order valence-corrected chi connectivity index (χ3v) is 6.23. The molecule has 3 N–H and O–H groups in total. The molecule has 3 rings (SSSR count). The van der Waals surface area contributed by atoms with Gasteiger partial charge in [-0.25, -0.2) is 0 Å². The Morgan fingerprint density at radius 2 is 1.77 bits per heavy atom. The smallest absolute Gasteiger partial charge is 0.342 e. The van der Waals surface area contributed by atoms with E-state index in [9.17, 15) is 22.8 Å². The number of hydrogen-bond acceptors (Lipinski definition) is 3. The fourth-order valence-corrected chi connectivity index (χ4v) is 4.55. The number of benzene rings is 1. The third kappa shape index (κ3) is 5.74. The van der Waals surface area contributed by atoms with Gasteiger partial charge in [0.15, 0.2) is 0 Å². The highest BCUT2D eigenvalue weighted by Gasteiger charge is 2.34. The summed E-state index contributed by atoms with van der Waals surface area (Å²) in [5.41, 5.74) is 5.95. The molecule has 2 aliphatic rings. The van der Waals surface area contributed by atoms with Gasteiger partial charge in [-0.3, -0.25) is 9.59 Å². The second-order valence-corrected chi connectivity index (χ2v) is 8.66. The van der Waals surface area contributed by atoms with Gasteiger partial charge in [-0.1, -0.05) is 12.8 Å². The van der Waals surface area contributed by atoms with Crippen molar-refractivity contribution in [2.75, 3.05) is 18.4 Å². The van der Waals surface area contributed by atoms with E-state index in [-0.39, 0.29) is 41.8 Å². The lowest BCUT2D eigenvalue weighted by Crippen LogP contribution is -2.48. The van der Waals surface area contributed by atoms with Crippen molar-refractivity contribution in [1.82, 2.24) is 4.90 Å². The maximum absolute atomic E-state index is 13.0. The molecular formula is C22H30F3N3O2. The van der Waals surface area contributed by atoms with E-state index in [2.05, 4.69) is 5.32 Å². The van der Waals surface area contributed by atoms with Crippen LogP contribution in [0, 0.1) is 18.8 Å². The van der Waals surface area contributed by atoms with Crippen LogP contribution >= 0.6 is 0 Å². The molecule has 166 valence electrons. The van der Waals surface area contributed by atoms with Gasteiger partial charge >= 0.3 is 6.18 Å². The van der Waals surface area contributed by atoms with Crippen molar-refractivity contribution in [2.45, 2.75) is 64.1 Å². The van der Waals surface area contributed by atoms with E-state index in [0.717, 1.165) is 37.8 Å². The van der Waals surface area contributed by atoms with Crippen LogP contribution in [0.25, 0.3) is 0 Å². The highest BCUT2D eigenvalue weighted by molar-refractivity contribution is 5.91. The number of nitrogens with two attached hydrogens (primary N) is 1. The summed E-state index contributed by atoms with van der Waals surface area (Å²) in [5.74, 6) is -0.152. The summed E-state index contributed by atoms with van der Waals surface area (Å²) in [6.45, 7) is 2.77. The molecule has 30 heavy (non-hydrogen) atoms. The molecule has 8 heteroatoms. The van der Waals surface area contributed by atoms with E-state index in [1.807, 2.05) is 4.90 Å². The molecule has 5 nitrogen and oxygen atoms in total. The van der Waals surface area contributed by atoms with Crippen LogP contribution in [0.4, 0.5) is 18.9 Å². The van der Waals surface area contributed by atoms with E-state index in [4.69, 9.17) is 5.73 Å². The molecular weight excluding hydrogens is 395 g/mol. The van der Waals surface area contributed by atoms with E-state index in [1.54, 1.807) is 6.92 Å². The van der Waals surface area contributed by atoms with Gasteiger partial charge in [0.1, 0.15) is 0 Å². The minimum atomic E-state index is -4.45. The second kappa shape index (κ2) is 9.37. The van der Waals surface area contributed by atoms with Crippen LogP contribution in [0.5, 0.6) is 0 Å². The quantitative estimate of drug-likeness (QED) is 0.763. The van der Waals surface area contributed by atoms with Crippen molar-refractivity contribution in [2.24, 2.45) is 17.6 Å². The first-order chi connectivity index (χ1) is 14.1. The van der Waals surface area contributed by atoms with Crippen LogP contribution in [-0.2, 0) is 15.8 Å². The Hall–Kier alpha value is -2.09. The first-order valence-electron chi connectivity index (χ1n) is 10.7. The standard InChI is InChI=1S/C22H30F3N3O2/c1-14-10-16(22(23,24)25)13-17(11-14)27-20(29)12-15-6-8-28(9-7-15)21(30)18-4-2-3-5-19(18)26/h10-11,13,15,18-19H,2-9,12,26H2,1H3,(H,27,29)/t18?,19-/m1/s1. The van der Waals surface area contributed by atoms with Gasteiger partial charge in [0.2, 0.25) is 11.8 Å². The summed E-state index contributed by atoms with van der Waals surface area (Å²) < 4.78 is 38.9. The Labute approximate surface area is 175 Å². The van der Waals surface area contributed by atoms with Crippen LogP contribution in [0.15, 0.2) is 18.2 Å². The predicted octanol–water partition coefficient (Wildman–Crippen LogP) is 4.10. The lowest BCUT2D eigenvalue weighted by molar-refractivity contribution is -0.139. The zero-order chi connectivity index (χ0) is 21.9. The molecule has 0 bridgehead atoms. The fraction of sp³-hybridized carbons (Fsp3) is 0.636. The van der Waals surface area contributed by atoms with E-state index in [0.29, 0.717) is 31.5 Å². The molecule has 2 amide bonds. The van der Waals surface area contributed by atoms with E-state index >= 15 is 0 Å². The number of carbonyl (C=O) groups excluding carboxylic acids is 2. The van der Waals surface area contributed by atoms with E-state index < -0.39 is 11.7 Å². The van der Waals surface area contributed by atoms with Crippen LogP contribution in [0.1, 0.15) is 56.1 Å². The number of rotatable bonds is 4. The zero-order valence-corrected chi connectivity index (χ0v) is 17.3. The number of piperidine rings is 1. The molecule has 2 atom stereocenters. The largest absolute Gasteiger partial charge is 0.416 e. The zero-order valence-electron chi connectivity index (χ0n) is 17.3. The third-order valence-electron chi connectivity index (χ3n) is 6.23. The number of nitrogens with one attached hydrogen (secondary N) is 1. The average molecular weight is 425 g/mol. The molecule has 1 aliphatic carbocycles. The summed E-state index contributed by atoms with van der Waals surface area (Å²) >= 11 is 0. The molecule has 1 saturated heterocycles. The number of halogens is 3. The van der Waals surface area contributed by atoms with Crippen molar-refractivity contribution >= 4 is 17.5 Å². The summed E-state index contributed by atoms with van der Waals surface area (Å²) in [6, 6.07) is 3.48. The fourth-order valence-electron chi connectivity index (χ4n) is 4.55. The maximum Gasteiger partial charge on any atom is 0.416 e. The molecule has 1 aliphatic heterocycles. The maximum atomic E-state index is 13.0. The van der Waals surface area contributed by atoms with Crippen molar-refractivity contribution in [3.8, 4) is 0 Å². The Kier molecular flexibility index (Phi) is 7.06. The van der Waals surface area contributed by atoms with Gasteiger partial charge < -0.3 is 16.0 Å². The lowest BCUT2D eigenvalue weighted by Gasteiger charge is -2.37. The van der Waals surface area contributed by atoms with Crippen LogP contribution in [-0.4, -0.2) is 35.8 Å². The Bertz CT molecular complexity index is 773. The van der Waals surface area contributed by atoms with E-state index in [1.165, 1.54) is 6.07 Å². The number of likely N-dealkylation sites (tertiary alicyclic amines) is 1. The normalized spacial score (nSPS) is 23.3. The van der Waals surface area contributed by atoms with Crippen LogP contribution in [0.2, 0.25) is 0 Å². The summed E-state index contributed by atoms with van der Waals surface area (Å²) in [5, 5.41) is 2.60. The summed E-state index contributed by atoms with van der Waals surface area (Å²) in [6.07, 6.45) is 1.06. The molecule has 0 spiro atoms. The van der Waals surface area contributed by atoms with Crippen molar-refractivity contribution in [3.05, 3.63) is 29.3 Å². The predicted molar refractivity (Wildman–Crippen MR) is 109 cm³/mol. The molecule has 0 radical (unpaired) electrons. The molecule has 1 unspecified atom stereocenters. The van der Waals surface area contributed by atoms with Gasteiger partial charge in [0.05, 0.1) is 11.5 Å². The van der Waals surface area contributed by atoms with Gasteiger partial charge in [-0.05, 0) is 62.3 Å². The molecule has 0 aromatic heterocycles. The van der Waals surface area contributed by atoms with Crippen LogP contribution < -0.4 is 11.1 Å². The summed E-state index contributed by atoms with van der Waals surface area (Å²) in [4.78, 5) is 27.0. The number of aryl methyl sites for hydroxylation is 1. The number of alkyl halides is 3. The monoisotopic (exact) mass is 425 g/mol. The minimum Gasteiger partial charge on any atom is -0.342 e. The molecule has 1 aromatic carbocycles. The SMILES string of the molecule is Cc1cc(NC(=O)CC2CCN(C(=O)C3CCCC[C@H]3N)CC2)cc(C(F)(F)F)c1. The number of nitrogens with zero attached hydrogens (tertiary/aromatic N) is 1. The van der Waals surface area contributed by atoms with Gasteiger partial charge in [0, 0.05) is 31.2 Å². The molecule has 2 fully saturated rings. The second-order valence-electron chi connectivity index (χ2n) is 8.66. The molecule has 1 heterocycles. The van der Waals surface area contributed by atoms with Gasteiger partial charge in [-0.15, -0.1) is 0 Å².